The zero-order valence-electron chi connectivity index (χ0n) is 19.9. The second-order valence-electron chi connectivity index (χ2n) is 8.79. The van der Waals surface area contributed by atoms with Crippen LogP contribution in [0.25, 0.3) is 22.2 Å². The van der Waals surface area contributed by atoms with Gasteiger partial charge in [-0.25, -0.2) is 9.48 Å². The van der Waals surface area contributed by atoms with Crippen molar-refractivity contribution in [3.05, 3.63) is 77.0 Å². The number of benzene rings is 2. The number of hydrogen-bond donors (Lipinski definition) is 3. The third-order valence-electron chi connectivity index (χ3n) is 6.23. The Morgan fingerprint density at radius 2 is 1.80 bits per heavy atom. The molecule has 0 saturated carbocycles. The third-order valence-corrected chi connectivity index (χ3v) is 6.23. The molecule has 0 spiro atoms. The number of carbonyl (C=O) groups is 2. The lowest BCUT2D eigenvalue weighted by atomic mass is 10.0. The van der Waals surface area contributed by atoms with E-state index in [2.05, 4.69) is 44.6 Å². The first-order valence-electron chi connectivity index (χ1n) is 12.1. The van der Waals surface area contributed by atoms with E-state index in [1.54, 1.807) is 6.92 Å². The lowest BCUT2D eigenvalue weighted by Crippen LogP contribution is -2.38. The summed E-state index contributed by atoms with van der Waals surface area (Å²) < 4.78 is 1.21. The molecule has 0 aliphatic heterocycles. The van der Waals surface area contributed by atoms with Gasteiger partial charge in [0, 0.05) is 29.6 Å². The number of Topliss-reactive ketones (excluding diaryl/α,β-unsaturated/α-hetero) is 1. The van der Waals surface area contributed by atoms with E-state index < -0.39 is 11.7 Å². The van der Waals surface area contributed by atoms with Crippen molar-refractivity contribution in [2.75, 3.05) is 6.54 Å². The highest BCUT2D eigenvalue weighted by molar-refractivity contribution is 5.91. The summed E-state index contributed by atoms with van der Waals surface area (Å²) in [5, 5.41) is 8.19. The third kappa shape index (κ3) is 5.95. The molecule has 0 radical (unpaired) electrons. The van der Waals surface area contributed by atoms with E-state index in [0.29, 0.717) is 25.8 Å². The van der Waals surface area contributed by atoms with Crippen molar-refractivity contribution in [2.24, 2.45) is 0 Å². The van der Waals surface area contributed by atoms with E-state index in [1.807, 2.05) is 30.3 Å². The molecule has 3 N–H and O–H groups in total. The maximum atomic E-state index is 13.1. The molecular weight excluding hydrogens is 442 g/mol. The second-order valence-corrected chi connectivity index (χ2v) is 8.79. The number of hydrogen-bond acceptors (Lipinski definition) is 4. The van der Waals surface area contributed by atoms with Crippen LogP contribution in [0.5, 0.6) is 0 Å². The van der Waals surface area contributed by atoms with Crippen LogP contribution in [0.2, 0.25) is 0 Å². The van der Waals surface area contributed by atoms with E-state index in [1.165, 1.54) is 11.0 Å². The zero-order chi connectivity index (χ0) is 24.6. The molecule has 0 saturated heterocycles. The number of unbranched alkanes of at least 4 members (excludes halogenated alkanes) is 2. The number of rotatable bonds is 12. The fourth-order valence-electron chi connectivity index (χ4n) is 4.48. The summed E-state index contributed by atoms with van der Waals surface area (Å²) >= 11 is 0. The molecule has 35 heavy (non-hydrogen) atoms. The van der Waals surface area contributed by atoms with E-state index >= 15 is 0 Å². The molecular formula is C27H31N5O3. The molecule has 2 aromatic carbocycles. The summed E-state index contributed by atoms with van der Waals surface area (Å²) in [7, 11) is 0. The van der Waals surface area contributed by atoms with Gasteiger partial charge < -0.3 is 15.1 Å². The highest BCUT2D eigenvalue weighted by atomic mass is 16.2. The van der Waals surface area contributed by atoms with Crippen LogP contribution in [0, 0.1) is 0 Å². The van der Waals surface area contributed by atoms with Crippen LogP contribution in [0.1, 0.15) is 50.6 Å². The number of ketones is 1. The Morgan fingerprint density at radius 1 is 1.03 bits per heavy atom. The quantitative estimate of drug-likeness (QED) is 0.268. The summed E-state index contributed by atoms with van der Waals surface area (Å²) in [5.41, 5.74) is 3.93. The van der Waals surface area contributed by atoms with Gasteiger partial charge in [-0.05, 0) is 43.4 Å². The van der Waals surface area contributed by atoms with Crippen LogP contribution >= 0.6 is 0 Å². The van der Waals surface area contributed by atoms with Gasteiger partial charge in [0.1, 0.15) is 18.2 Å². The Hall–Kier alpha value is -3.94. The summed E-state index contributed by atoms with van der Waals surface area (Å²) in [4.78, 5) is 42.5. The van der Waals surface area contributed by atoms with Crippen molar-refractivity contribution in [1.29, 1.82) is 0 Å². The molecule has 8 nitrogen and oxygen atoms in total. The number of fused-ring (bicyclic) bond motifs is 1. The standard InChI is InChI=1S/C27H31N5O3/c1-19(33)10-4-2-7-15-24(32-27(35)29-18-30-32)26(34)28-17-16-22-21-13-8-9-14-23(21)31-25(22)20-11-5-3-6-12-20/h3,5-6,8-9,11-14,18,24,31H,2,4,7,10,15-17H2,1H3,(H,28,34)(H,29,30,35)/t24-/m0/s1. The Balaban J connectivity index is 1.45. The molecule has 0 aliphatic carbocycles. The smallest absolute Gasteiger partial charge is 0.343 e. The summed E-state index contributed by atoms with van der Waals surface area (Å²) in [6.07, 6.45) is 5.28. The number of aromatic nitrogens is 4. The Kier molecular flexibility index (Phi) is 7.92. The van der Waals surface area contributed by atoms with Gasteiger partial charge in [-0.15, -0.1) is 0 Å². The fraction of sp³-hybridized carbons (Fsp3) is 0.333. The molecule has 1 amide bonds. The molecule has 182 valence electrons. The minimum absolute atomic E-state index is 0.162. The second kappa shape index (κ2) is 11.5. The number of nitrogens with one attached hydrogen (secondary N) is 3. The van der Waals surface area contributed by atoms with Gasteiger partial charge in [0.25, 0.3) is 0 Å². The molecule has 2 aromatic heterocycles. The Labute approximate surface area is 203 Å². The number of para-hydroxylation sites is 1. The lowest BCUT2D eigenvalue weighted by Gasteiger charge is -2.16. The van der Waals surface area contributed by atoms with Crippen LogP contribution in [-0.4, -0.2) is 38.0 Å². The molecule has 0 aliphatic rings. The van der Waals surface area contributed by atoms with Gasteiger partial charge >= 0.3 is 5.69 Å². The molecule has 4 rings (SSSR count). The molecule has 4 aromatic rings. The highest BCUT2D eigenvalue weighted by Crippen LogP contribution is 2.30. The van der Waals surface area contributed by atoms with Gasteiger partial charge in [0.05, 0.1) is 0 Å². The molecule has 0 unspecified atom stereocenters. The van der Waals surface area contributed by atoms with Gasteiger partial charge in [0.2, 0.25) is 5.91 Å². The molecule has 8 heteroatoms. The molecule has 1 atom stereocenters. The highest BCUT2D eigenvalue weighted by Gasteiger charge is 2.23. The fourth-order valence-corrected chi connectivity index (χ4v) is 4.48. The SMILES string of the molecule is CC(=O)CCCCC[C@@H](C(=O)NCCc1c(-c2ccccc2)[nH]c2ccccc12)n1nc[nH]c1=O. The Bertz CT molecular complexity index is 1340. The van der Waals surface area contributed by atoms with E-state index in [-0.39, 0.29) is 11.7 Å². The average Bonchev–Trinajstić information content (AvgIpc) is 3.45. The maximum Gasteiger partial charge on any atom is 0.343 e. The number of H-pyrrole nitrogens is 2. The van der Waals surface area contributed by atoms with Crippen molar-refractivity contribution < 1.29 is 9.59 Å². The lowest BCUT2D eigenvalue weighted by molar-refractivity contribution is -0.125. The molecule has 0 fully saturated rings. The summed E-state index contributed by atoms with van der Waals surface area (Å²) in [6.45, 7) is 2.01. The van der Waals surface area contributed by atoms with Crippen molar-refractivity contribution in [2.45, 2.75) is 51.5 Å². The van der Waals surface area contributed by atoms with Crippen LogP contribution in [0.15, 0.2) is 65.7 Å². The van der Waals surface area contributed by atoms with Crippen LogP contribution in [-0.2, 0) is 16.0 Å². The van der Waals surface area contributed by atoms with Crippen molar-refractivity contribution in [3.8, 4) is 11.3 Å². The summed E-state index contributed by atoms with van der Waals surface area (Å²) in [5.74, 6) is -0.0677. The Morgan fingerprint density at radius 3 is 2.54 bits per heavy atom. The summed E-state index contributed by atoms with van der Waals surface area (Å²) in [6, 6.07) is 17.6. The normalized spacial score (nSPS) is 12.0. The first kappa shape index (κ1) is 24.2. The van der Waals surface area contributed by atoms with Crippen molar-refractivity contribution in [1.82, 2.24) is 25.1 Å². The van der Waals surface area contributed by atoms with Crippen molar-refractivity contribution in [3.63, 3.8) is 0 Å². The van der Waals surface area contributed by atoms with E-state index in [0.717, 1.165) is 47.0 Å². The topological polar surface area (TPSA) is 113 Å². The monoisotopic (exact) mass is 473 g/mol. The minimum atomic E-state index is -0.692. The predicted octanol–water partition coefficient (Wildman–Crippen LogP) is 4.16. The number of carbonyl (C=O) groups excluding carboxylic acids is 2. The molecule has 0 bridgehead atoms. The number of nitrogens with zero attached hydrogens (tertiary/aromatic N) is 2. The van der Waals surface area contributed by atoms with Crippen molar-refractivity contribution >= 4 is 22.6 Å². The number of amides is 1. The maximum absolute atomic E-state index is 13.1. The van der Waals surface area contributed by atoms with Crippen LogP contribution in [0.4, 0.5) is 0 Å². The predicted molar refractivity (Wildman–Crippen MR) is 136 cm³/mol. The first-order valence-corrected chi connectivity index (χ1v) is 12.1. The first-order chi connectivity index (χ1) is 17.0. The number of aromatic amines is 2. The van der Waals surface area contributed by atoms with E-state index in [4.69, 9.17) is 0 Å². The van der Waals surface area contributed by atoms with Gasteiger partial charge in [0.15, 0.2) is 0 Å². The minimum Gasteiger partial charge on any atom is -0.354 e. The zero-order valence-corrected chi connectivity index (χ0v) is 19.9. The largest absolute Gasteiger partial charge is 0.354 e. The van der Waals surface area contributed by atoms with Crippen LogP contribution < -0.4 is 11.0 Å². The van der Waals surface area contributed by atoms with E-state index in [9.17, 15) is 14.4 Å². The van der Waals surface area contributed by atoms with Gasteiger partial charge in [-0.2, -0.15) is 5.10 Å². The molecule has 2 heterocycles. The van der Waals surface area contributed by atoms with Crippen LogP contribution in [0.3, 0.4) is 0 Å². The van der Waals surface area contributed by atoms with Gasteiger partial charge in [-0.3, -0.25) is 9.78 Å². The van der Waals surface area contributed by atoms with Gasteiger partial charge in [-0.1, -0.05) is 61.4 Å². The average molecular weight is 474 g/mol.